The lowest BCUT2D eigenvalue weighted by Crippen LogP contribution is -2.31. The van der Waals surface area contributed by atoms with E-state index < -0.39 is 11.3 Å². The second-order valence-electron chi connectivity index (χ2n) is 10.2. The van der Waals surface area contributed by atoms with Gasteiger partial charge in [0.25, 0.3) is 0 Å². The first-order chi connectivity index (χ1) is 15.9. The van der Waals surface area contributed by atoms with Gasteiger partial charge in [-0.3, -0.25) is 9.59 Å². The van der Waals surface area contributed by atoms with Crippen LogP contribution in [0.2, 0.25) is 0 Å². The summed E-state index contributed by atoms with van der Waals surface area (Å²) in [7, 11) is 0. The Balaban J connectivity index is 1.88. The first-order valence-corrected chi connectivity index (χ1v) is 12.5. The summed E-state index contributed by atoms with van der Waals surface area (Å²) in [4.78, 5) is 25.0. The molecule has 5 nitrogen and oxygen atoms in total. The van der Waals surface area contributed by atoms with E-state index in [4.69, 9.17) is 11.5 Å². The van der Waals surface area contributed by atoms with Crippen LogP contribution in [0.3, 0.4) is 0 Å². The lowest BCUT2D eigenvalue weighted by Gasteiger charge is -2.25. The van der Waals surface area contributed by atoms with Crippen LogP contribution in [-0.4, -0.2) is 16.4 Å². The fourth-order valence-electron chi connectivity index (χ4n) is 6.98. The van der Waals surface area contributed by atoms with Crippen LogP contribution in [-0.2, 0) is 11.3 Å². The zero-order valence-electron chi connectivity index (χ0n) is 20.0. The number of allylic oxidation sites excluding steroid dienone is 4. The van der Waals surface area contributed by atoms with Crippen LogP contribution in [0.1, 0.15) is 86.8 Å². The van der Waals surface area contributed by atoms with Crippen LogP contribution in [0, 0.1) is 17.3 Å². The van der Waals surface area contributed by atoms with Gasteiger partial charge in [0.1, 0.15) is 0 Å². The van der Waals surface area contributed by atoms with E-state index >= 15 is 0 Å². The average molecular weight is 446 g/mol. The Morgan fingerprint density at radius 2 is 1.91 bits per heavy atom. The minimum Gasteiger partial charge on any atom is -0.369 e. The van der Waals surface area contributed by atoms with Crippen LogP contribution in [0.15, 0.2) is 35.9 Å². The van der Waals surface area contributed by atoms with Gasteiger partial charge in [-0.1, -0.05) is 51.3 Å². The van der Waals surface area contributed by atoms with Crippen LogP contribution in [0.25, 0.3) is 16.5 Å². The number of hydrogen-bond acceptors (Lipinski definition) is 2. The van der Waals surface area contributed by atoms with Gasteiger partial charge in [-0.2, -0.15) is 0 Å². The number of carbonyl (C=O) groups is 2. The molecule has 2 aromatic rings. The molecule has 0 radical (unpaired) electrons. The molecule has 33 heavy (non-hydrogen) atoms. The highest BCUT2D eigenvalue weighted by molar-refractivity contribution is 6.01. The molecule has 2 saturated carbocycles. The SMILES string of the molecule is C/C=C1\C(=C/CC)c2c(C3CCCCC3)c3ccc(C(N)=O)cc3n2CC2(C(N)=O)C1[C@@H]2C. The third kappa shape index (κ3) is 3.04. The summed E-state index contributed by atoms with van der Waals surface area (Å²) in [5, 5.41) is 1.19. The average Bonchev–Trinajstić information content (AvgIpc) is 3.31. The van der Waals surface area contributed by atoms with Crippen molar-refractivity contribution in [2.75, 3.05) is 0 Å². The number of primary amides is 2. The number of hydrogen-bond donors (Lipinski definition) is 2. The van der Waals surface area contributed by atoms with E-state index in [-0.39, 0.29) is 17.7 Å². The normalized spacial score (nSPS) is 29.7. The highest BCUT2D eigenvalue weighted by Gasteiger charge is 2.69. The van der Waals surface area contributed by atoms with E-state index in [0.717, 1.165) is 11.9 Å². The predicted molar refractivity (Wildman–Crippen MR) is 133 cm³/mol. The fraction of sp³-hybridized carbons (Fsp3) is 0.500. The summed E-state index contributed by atoms with van der Waals surface area (Å²) in [6, 6.07) is 5.85. The topological polar surface area (TPSA) is 91.1 Å². The molecule has 1 aliphatic heterocycles. The number of fused-ring (bicyclic) bond motifs is 4. The molecule has 2 amide bonds. The van der Waals surface area contributed by atoms with Crippen molar-refractivity contribution in [2.45, 2.75) is 71.8 Å². The lowest BCUT2D eigenvalue weighted by molar-refractivity contribution is -0.124. The highest BCUT2D eigenvalue weighted by Crippen LogP contribution is 2.67. The first-order valence-electron chi connectivity index (χ1n) is 12.5. The number of carbonyl (C=O) groups excluding carboxylic acids is 2. The number of nitrogens with zero attached hydrogens (tertiary/aromatic N) is 1. The Labute approximate surface area is 195 Å². The lowest BCUT2D eigenvalue weighted by atomic mass is 9.80. The Morgan fingerprint density at radius 3 is 2.52 bits per heavy atom. The number of benzene rings is 1. The van der Waals surface area contributed by atoms with Crippen molar-refractivity contribution in [2.24, 2.45) is 28.7 Å². The van der Waals surface area contributed by atoms with Crippen molar-refractivity contribution in [1.82, 2.24) is 4.57 Å². The molecule has 1 aromatic heterocycles. The molecule has 0 saturated heterocycles. The number of rotatable bonds is 4. The second-order valence-corrected chi connectivity index (χ2v) is 10.2. The quantitative estimate of drug-likeness (QED) is 0.670. The van der Waals surface area contributed by atoms with Crippen molar-refractivity contribution < 1.29 is 9.59 Å². The minimum absolute atomic E-state index is 0.131. The molecule has 0 spiro atoms. The van der Waals surface area contributed by atoms with Gasteiger partial charge in [0, 0.05) is 28.9 Å². The Morgan fingerprint density at radius 1 is 1.18 bits per heavy atom. The number of amides is 2. The second kappa shape index (κ2) is 7.89. The maximum Gasteiger partial charge on any atom is 0.248 e. The summed E-state index contributed by atoms with van der Waals surface area (Å²) < 4.78 is 2.31. The van der Waals surface area contributed by atoms with Crippen molar-refractivity contribution in [3.63, 3.8) is 0 Å². The molecule has 5 rings (SSSR count). The third-order valence-electron chi connectivity index (χ3n) is 8.66. The largest absolute Gasteiger partial charge is 0.369 e. The molecule has 2 fully saturated rings. The zero-order chi connectivity index (χ0) is 23.5. The molecular formula is C28H35N3O2. The van der Waals surface area contributed by atoms with Gasteiger partial charge >= 0.3 is 0 Å². The van der Waals surface area contributed by atoms with Gasteiger partial charge in [-0.15, -0.1) is 0 Å². The molecule has 1 aromatic carbocycles. The number of nitrogens with two attached hydrogens (primary N) is 2. The van der Waals surface area contributed by atoms with E-state index in [9.17, 15) is 9.59 Å². The summed E-state index contributed by atoms with van der Waals surface area (Å²) >= 11 is 0. The van der Waals surface area contributed by atoms with Crippen LogP contribution < -0.4 is 11.5 Å². The maximum atomic E-state index is 12.9. The minimum atomic E-state index is -0.599. The molecule has 174 valence electrons. The van der Waals surface area contributed by atoms with E-state index in [1.54, 1.807) is 0 Å². The van der Waals surface area contributed by atoms with Crippen LogP contribution in [0.4, 0.5) is 0 Å². The smallest absolute Gasteiger partial charge is 0.248 e. The van der Waals surface area contributed by atoms with Gasteiger partial charge in [-0.25, -0.2) is 0 Å². The highest BCUT2D eigenvalue weighted by atomic mass is 16.1. The number of aromatic nitrogens is 1. The molecule has 2 heterocycles. The van der Waals surface area contributed by atoms with E-state index in [2.05, 4.69) is 43.6 Å². The third-order valence-corrected chi connectivity index (χ3v) is 8.66. The van der Waals surface area contributed by atoms with Crippen molar-refractivity contribution >= 4 is 28.3 Å². The molecule has 3 aliphatic rings. The van der Waals surface area contributed by atoms with Gasteiger partial charge in [0.15, 0.2) is 0 Å². The molecular weight excluding hydrogens is 410 g/mol. The van der Waals surface area contributed by atoms with Crippen molar-refractivity contribution in [1.29, 1.82) is 0 Å². The summed E-state index contributed by atoms with van der Waals surface area (Å²) in [6.07, 6.45) is 11.6. The monoisotopic (exact) mass is 445 g/mol. The van der Waals surface area contributed by atoms with Crippen molar-refractivity contribution in [3.8, 4) is 0 Å². The maximum absolute atomic E-state index is 12.9. The van der Waals surface area contributed by atoms with E-state index in [1.165, 1.54) is 59.9 Å². The van der Waals surface area contributed by atoms with Crippen LogP contribution in [0.5, 0.6) is 0 Å². The molecule has 5 heteroatoms. The Hall–Kier alpha value is -2.82. The summed E-state index contributed by atoms with van der Waals surface area (Å²) in [5.74, 6) is 0.138. The van der Waals surface area contributed by atoms with Gasteiger partial charge in [0.05, 0.1) is 11.1 Å². The van der Waals surface area contributed by atoms with E-state index in [0.29, 0.717) is 18.0 Å². The summed E-state index contributed by atoms with van der Waals surface area (Å²) in [6.45, 7) is 6.95. The van der Waals surface area contributed by atoms with E-state index in [1.807, 2.05) is 12.1 Å². The van der Waals surface area contributed by atoms with Gasteiger partial charge in [0.2, 0.25) is 11.8 Å². The standard InChI is InChI=1S/C28H35N3O2/c1-4-9-20-19(5-2)24-16(3)28(24,27(30)33)15-31-22-14-18(26(29)32)12-13-21(22)23(25(20)31)17-10-7-6-8-11-17/h5,9,12-14,16-17,24H,4,6-8,10-11,15H2,1-3H3,(H2,29,32)(H2,30,33)/b19-5+,20-9+/t16-,24?,28?/m0/s1. The Kier molecular flexibility index (Phi) is 5.26. The van der Waals surface area contributed by atoms with Crippen LogP contribution >= 0.6 is 0 Å². The van der Waals surface area contributed by atoms with Gasteiger partial charge < -0.3 is 16.0 Å². The molecule has 2 unspecified atom stereocenters. The summed E-state index contributed by atoms with van der Waals surface area (Å²) in [5.41, 5.74) is 17.8. The Bertz CT molecular complexity index is 1210. The molecule has 2 aliphatic carbocycles. The predicted octanol–water partition coefficient (Wildman–Crippen LogP) is 5.28. The molecule has 0 bridgehead atoms. The molecule has 4 N–H and O–H groups in total. The van der Waals surface area contributed by atoms with Gasteiger partial charge in [-0.05, 0) is 66.9 Å². The zero-order valence-corrected chi connectivity index (χ0v) is 20.0. The first kappa shape index (κ1) is 22.0. The van der Waals surface area contributed by atoms with Crippen molar-refractivity contribution in [3.05, 3.63) is 52.7 Å². The fourth-order valence-corrected chi connectivity index (χ4v) is 6.98. The molecule has 3 atom stereocenters.